The molecule has 1 fully saturated rings. The number of carbonyl (C=O) groups excluding carboxylic acids is 1. The average Bonchev–Trinajstić information content (AvgIpc) is 3.16. The lowest BCUT2D eigenvalue weighted by Crippen LogP contribution is -2.53. The van der Waals surface area contributed by atoms with E-state index >= 15 is 0 Å². The van der Waals surface area contributed by atoms with Crippen LogP contribution in [0.1, 0.15) is 36.1 Å². The second-order valence-corrected chi connectivity index (χ2v) is 9.43. The maximum atomic E-state index is 14.0. The molecule has 2 aromatic carbocycles. The van der Waals surface area contributed by atoms with Gasteiger partial charge >= 0.3 is 5.97 Å². The van der Waals surface area contributed by atoms with E-state index in [9.17, 15) is 19.1 Å². The zero-order valence-electron chi connectivity index (χ0n) is 19.3. The summed E-state index contributed by atoms with van der Waals surface area (Å²) in [6, 6.07) is 14.2. The van der Waals surface area contributed by atoms with Crippen molar-refractivity contribution in [2.24, 2.45) is 0 Å². The highest BCUT2D eigenvalue weighted by Crippen LogP contribution is 2.39. The van der Waals surface area contributed by atoms with Crippen LogP contribution in [-0.2, 0) is 39.1 Å². The summed E-state index contributed by atoms with van der Waals surface area (Å²) < 4.78 is 21.4. The normalized spacial score (nSPS) is 19.5. The summed E-state index contributed by atoms with van der Waals surface area (Å²) in [5.41, 5.74) is 3.05. The van der Waals surface area contributed by atoms with E-state index in [0.29, 0.717) is 39.0 Å². The van der Waals surface area contributed by atoms with Crippen LogP contribution in [0.25, 0.3) is 10.9 Å². The van der Waals surface area contributed by atoms with E-state index in [1.165, 1.54) is 12.1 Å². The molecule has 5 rings (SSSR count). The Labute approximate surface area is 197 Å². The van der Waals surface area contributed by atoms with Gasteiger partial charge in [-0.2, -0.15) is 0 Å². The van der Waals surface area contributed by atoms with E-state index in [0.717, 1.165) is 34.1 Å². The van der Waals surface area contributed by atoms with Crippen molar-refractivity contribution < 1.29 is 23.8 Å². The molecule has 6 nitrogen and oxygen atoms in total. The minimum Gasteiger partial charge on any atom is -0.481 e. The molecule has 1 saturated heterocycles. The summed E-state index contributed by atoms with van der Waals surface area (Å²) in [5, 5.41) is 10.4. The number of carbonyl (C=O) groups is 2. The molecule has 1 aromatic heterocycles. The van der Waals surface area contributed by atoms with E-state index in [4.69, 9.17) is 4.74 Å². The Morgan fingerprint density at radius 1 is 1.15 bits per heavy atom. The summed E-state index contributed by atoms with van der Waals surface area (Å²) in [7, 11) is 1.86. The molecular weight excluding hydrogens is 435 g/mol. The van der Waals surface area contributed by atoms with Crippen LogP contribution in [0, 0.1) is 5.82 Å². The minimum atomic E-state index is -0.839. The third-order valence-electron chi connectivity index (χ3n) is 7.65. The predicted molar refractivity (Wildman–Crippen MR) is 126 cm³/mol. The van der Waals surface area contributed by atoms with Crippen molar-refractivity contribution in [3.8, 4) is 0 Å². The second-order valence-electron chi connectivity index (χ2n) is 9.43. The maximum Gasteiger partial charge on any atom is 0.307 e. The standard InChI is InChI=1S/C27H29FN2O4/c1-29(26(33)27(12-14-34-15-13-27)18-6-8-19(28)9-7-18)20-10-11-24-22(16-25(31)32)21-4-2-3-5-23(21)30(24)17-20/h2-9,20H,10-17H2,1H3,(H,31,32)/t20-/m1/s1. The number of hydrogen-bond donors (Lipinski definition) is 1. The van der Waals surface area contributed by atoms with Crippen molar-refractivity contribution in [1.29, 1.82) is 0 Å². The van der Waals surface area contributed by atoms with Crippen molar-refractivity contribution in [2.75, 3.05) is 20.3 Å². The summed E-state index contributed by atoms with van der Waals surface area (Å²) in [5.74, 6) is -1.12. The molecule has 3 heterocycles. The number of carboxylic acids is 1. The first-order valence-corrected chi connectivity index (χ1v) is 11.8. The molecule has 7 heteroatoms. The number of fused-ring (bicyclic) bond motifs is 3. The number of para-hydroxylation sites is 1. The van der Waals surface area contributed by atoms with Gasteiger partial charge in [0.05, 0.1) is 11.8 Å². The number of halogens is 1. The number of likely N-dealkylation sites (N-methyl/N-ethyl adjacent to an activating group) is 1. The number of aliphatic carboxylic acids is 1. The highest BCUT2D eigenvalue weighted by Gasteiger charge is 2.45. The molecule has 178 valence electrons. The van der Waals surface area contributed by atoms with Gasteiger partial charge < -0.3 is 19.3 Å². The Bertz CT molecular complexity index is 1230. The molecule has 0 spiro atoms. The summed E-state index contributed by atoms with van der Waals surface area (Å²) in [4.78, 5) is 27.4. The van der Waals surface area contributed by atoms with Crippen molar-refractivity contribution >= 4 is 22.8 Å². The summed E-state index contributed by atoms with van der Waals surface area (Å²) in [6.07, 6.45) is 2.60. The van der Waals surface area contributed by atoms with Crippen LogP contribution in [0.4, 0.5) is 4.39 Å². The number of hydrogen-bond acceptors (Lipinski definition) is 3. The van der Waals surface area contributed by atoms with Gasteiger partial charge in [0, 0.05) is 49.4 Å². The number of benzene rings is 2. The second kappa shape index (κ2) is 8.87. The van der Waals surface area contributed by atoms with Gasteiger partial charge in [-0.15, -0.1) is 0 Å². The first-order valence-electron chi connectivity index (χ1n) is 11.8. The molecule has 0 bridgehead atoms. The average molecular weight is 465 g/mol. The van der Waals surface area contributed by atoms with Crippen LogP contribution >= 0.6 is 0 Å². The molecule has 1 N–H and O–H groups in total. The number of rotatable bonds is 5. The number of aromatic nitrogens is 1. The zero-order chi connectivity index (χ0) is 23.9. The molecule has 0 aliphatic carbocycles. The van der Waals surface area contributed by atoms with Crippen molar-refractivity contribution in [3.05, 3.63) is 71.2 Å². The fourth-order valence-corrected chi connectivity index (χ4v) is 5.81. The number of carboxylic acid groups (broad SMARTS) is 1. The van der Waals surface area contributed by atoms with Crippen molar-refractivity contribution in [2.45, 2.75) is 50.1 Å². The molecule has 0 unspecified atom stereocenters. The molecule has 34 heavy (non-hydrogen) atoms. The third kappa shape index (κ3) is 3.78. The first-order chi connectivity index (χ1) is 16.4. The van der Waals surface area contributed by atoms with Gasteiger partial charge in [-0.25, -0.2) is 4.39 Å². The predicted octanol–water partition coefficient (Wildman–Crippen LogP) is 3.93. The monoisotopic (exact) mass is 464 g/mol. The Kier molecular flexibility index (Phi) is 5.90. The van der Waals surface area contributed by atoms with Crippen LogP contribution in [-0.4, -0.2) is 52.8 Å². The lowest BCUT2D eigenvalue weighted by Gasteiger charge is -2.42. The van der Waals surface area contributed by atoms with Crippen molar-refractivity contribution in [3.63, 3.8) is 0 Å². The molecule has 0 saturated carbocycles. The molecule has 0 radical (unpaired) electrons. The van der Waals surface area contributed by atoms with E-state index in [2.05, 4.69) is 4.57 Å². The molecule has 1 atom stereocenters. The maximum absolute atomic E-state index is 14.0. The third-order valence-corrected chi connectivity index (χ3v) is 7.65. The Morgan fingerprint density at radius 2 is 1.85 bits per heavy atom. The summed E-state index contributed by atoms with van der Waals surface area (Å²) >= 11 is 0. The van der Waals surface area contributed by atoms with Gasteiger partial charge in [-0.3, -0.25) is 9.59 Å². The van der Waals surface area contributed by atoms with Gasteiger partial charge in [0.2, 0.25) is 5.91 Å². The first kappa shape index (κ1) is 22.6. The Hall–Kier alpha value is -3.19. The van der Waals surface area contributed by atoms with Gasteiger partial charge in [-0.1, -0.05) is 30.3 Å². The van der Waals surface area contributed by atoms with Gasteiger partial charge in [-0.05, 0) is 55.0 Å². The highest BCUT2D eigenvalue weighted by molar-refractivity contribution is 5.90. The van der Waals surface area contributed by atoms with Crippen LogP contribution < -0.4 is 0 Å². The number of ether oxygens (including phenoxy) is 1. The van der Waals surface area contributed by atoms with E-state index < -0.39 is 11.4 Å². The SMILES string of the molecule is CN(C(=O)C1(c2ccc(F)cc2)CCOCC1)[C@@H]1CCc2c(CC(=O)O)c3ccccc3n2C1. The lowest BCUT2D eigenvalue weighted by atomic mass is 9.72. The van der Waals surface area contributed by atoms with Crippen LogP contribution in [0.5, 0.6) is 0 Å². The lowest BCUT2D eigenvalue weighted by molar-refractivity contribution is -0.142. The Morgan fingerprint density at radius 3 is 2.56 bits per heavy atom. The van der Waals surface area contributed by atoms with Gasteiger partial charge in [0.15, 0.2) is 0 Å². The fourth-order valence-electron chi connectivity index (χ4n) is 5.81. The van der Waals surface area contributed by atoms with E-state index in [1.807, 2.05) is 36.2 Å². The van der Waals surface area contributed by atoms with Crippen LogP contribution in [0.2, 0.25) is 0 Å². The molecular formula is C27H29FN2O4. The van der Waals surface area contributed by atoms with Crippen molar-refractivity contribution in [1.82, 2.24) is 9.47 Å². The molecule has 2 aliphatic heterocycles. The van der Waals surface area contributed by atoms with E-state index in [-0.39, 0.29) is 24.2 Å². The summed E-state index contributed by atoms with van der Waals surface area (Å²) in [6.45, 7) is 1.60. The minimum absolute atomic E-state index is 0.00401. The quantitative estimate of drug-likeness (QED) is 0.621. The smallest absolute Gasteiger partial charge is 0.307 e. The largest absolute Gasteiger partial charge is 0.481 e. The Balaban J connectivity index is 1.47. The fraction of sp³-hybridized carbons (Fsp3) is 0.407. The van der Waals surface area contributed by atoms with E-state index in [1.54, 1.807) is 12.1 Å². The number of nitrogens with zero attached hydrogens (tertiary/aromatic N) is 2. The van der Waals surface area contributed by atoms with Crippen LogP contribution in [0.3, 0.4) is 0 Å². The topological polar surface area (TPSA) is 71.8 Å². The highest BCUT2D eigenvalue weighted by atomic mass is 19.1. The van der Waals surface area contributed by atoms with Crippen LogP contribution in [0.15, 0.2) is 48.5 Å². The molecule has 1 amide bonds. The van der Waals surface area contributed by atoms with Gasteiger partial charge in [0.25, 0.3) is 0 Å². The molecule has 3 aromatic rings. The molecule has 2 aliphatic rings. The van der Waals surface area contributed by atoms with Gasteiger partial charge in [0.1, 0.15) is 5.82 Å². The number of amides is 1. The zero-order valence-corrected chi connectivity index (χ0v) is 19.3.